The number of aromatic nitrogens is 4. The first-order chi connectivity index (χ1) is 15.2. The van der Waals surface area contributed by atoms with Crippen LogP contribution in [0, 0.1) is 5.82 Å². The SMILES string of the molecule is Nc1nc2cc(F)c(C(=O)N(Cc3ccc(C(F)(F)F)nc3)C3CC3)cc2n2cncc12. The van der Waals surface area contributed by atoms with E-state index in [1.54, 1.807) is 4.40 Å². The highest BCUT2D eigenvalue weighted by Gasteiger charge is 2.35. The number of hydrogen-bond donors (Lipinski definition) is 1. The van der Waals surface area contributed by atoms with Crippen molar-refractivity contribution < 1.29 is 22.4 Å². The second kappa shape index (κ2) is 7.14. The molecule has 0 bridgehead atoms. The quantitative estimate of drug-likeness (QED) is 0.484. The van der Waals surface area contributed by atoms with Crippen LogP contribution >= 0.6 is 0 Å². The zero-order chi connectivity index (χ0) is 22.6. The molecule has 1 aliphatic rings. The van der Waals surface area contributed by atoms with Crippen molar-refractivity contribution in [3.8, 4) is 0 Å². The molecule has 1 amide bonds. The number of nitrogens with zero attached hydrogens (tertiary/aromatic N) is 5. The van der Waals surface area contributed by atoms with Crippen LogP contribution in [0.4, 0.5) is 23.4 Å². The fourth-order valence-electron chi connectivity index (χ4n) is 3.65. The molecule has 1 aromatic carbocycles. The highest BCUT2D eigenvalue weighted by molar-refractivity contribution is 5.98. The topological polar surface area (TPSA) is 89.4 Å². The summed E-state index contributed by atoms with van der Waals surface area (Å²) in [5, 5.41) is 0. The molecule has 1 saturated carbocycles. The Kier molecular flexibility index (Phi) is 4.50. The molecule has 0 unspecified atom stereocenters. The number of anilines is 1. The lowest BCUT2D eigenvalue weighted by Gasteiger charge is -2.23. The van der Waals surface area contributed by atoms with Gasteiger partial charge in [-0.25, -0.2) is 14.4 Å². The fourth-order valence-corrected chi connectivity index (χ4v) is 3.65. The van der Waals surface area contributed by atoms with Gasteiger partial charge in [0.05, 0.1) is 29.1 Å². The van der Waals surface area contributed by atoms with E-state index in [9.17, 15) is 22.4 Å². The second-order valence-electron chi connectivity index (χ2n) is 7.68. The van der Waals surface area contributed by atoms with Gasteiger partial charge in [-0.1, -0.05) is 6.07 Å². The average Bonchev–Trinajstić information content (AvgIpc) is 3.46. The number of hydrogen-bond acceptors (Lipinski definition) is 5. The van der Waals surface area contributed by atoms with Crippen molar-refractivity contribution >= 4 is 28.3 Å². The minimum Gasteiger partial charge on any atom is -0.382 e. The summed E-state index contributed by atoms with van der Waals surface area (Å²) in [6, 6.07) is 4.57. The van der Waals surface area contributed by atoms with Gasteiger partial charge in [0, 0.05) is 24.8 Å². The van der Waals surface area contributed by atoms with Crippen molar-refractivity contribution in [3.05, 3.63) is 65.6 Å². The molecule has 2 N–H and O–H groups in total. The van der Waals surface area contributed by atoms with Crippen molar-refractivity contribution in [3.63, 3.8) is 0 Å². The van der Waals surface area contributed by atoms with Gasteiger partial charge >= 0.3 is 6.18 Å². The molecule has 1 fully saturated rings. The van der Waals surface area contributed by atoms with Crippen LogP contribution in [0.1, 0.15) is 34.5 Å². The third-order valence-corrected chi connectivity index (χ3v) is 5.41. The maximum absolute atomic E-state index is 14.9. The summed E-state index contributed by atoms with van der Waals surface area (Å²) < 4.78 is 54.8. The summed E-state index contributed by atoms with van der Waals surface area (Å²) in [6.07, 6.45) is 1.02. The van der Waals surface area contributed by atoms with E-state index >= 15 is 0 Å². The molecular weight excluding hydrogens is 428 g/mol. The molecule has 3 heterocycles. The number of imidazole rings is 1. The van der Waals surface area contributed by atoms with Crippen LogP contribution in [0.5, 0.6) is 0 Å². The van der Waals surface area contributed by atoms with Crippen LogP contribution < -0.4 is 5.73 Å². The van der Waals surface area contributed by atoms with Crippen molar-refractivity contribution in [2.75, 3.05) is 5.73 Å². The van der Waals surface area contributed by atoms with E-state index in [-0.39, 0.29) is 29.5 Å². The lowest BCUT2D eigenvalue weighted by Crippen LogP contribution is -2.33. The number of carbonyl (C=O) groups excluding carboxylic acids is 1. The fraction of sp³-hybridized carbons (Fsp3) is 0.238. The van der Waals surface area contributed by atoms with E-state index in [0.29, 0.717) is 16.6 Å². The number of nitrogen functional groups attached to an aromatic ring is 1. The Hall–Kier alpha value is -3.76. The van der Waals surface area contributed by atoms with Gasteiger partial charge in [0.1, 0.15) is 22.8 Å². The summed E-state index contributed by atoms with van der Waals surface area (Å²) in [5.74, 6) is -1.13. The number of nitrogens with two attached hydrogens (primary N) is 1. The predicted octanol–water partition coefficient (Wildman–Crippen LogP) is 3.82. The Morgan fingerprint density at radius 3 is 2.62 bits per heavy atom. The van der Waals surface area contributed by atoms with Crippen LogP contribution in [-0.4, -0.2) is 36.2 Å². The second-order valence-corrected chi connectivity index (χ2v) is 7.68. The van der Waals surface area contributed by atoms with Crippen LogP contribution in [-0.2, 0) is 12.7 Å². The molecule has 0 saturated heterocycles. The number of carbonyl (C=O) groups is 1. The Balaban J connectivity index is 1.51. The van der Waals surface area contributed by atoms with E-state index in [0.717, 1.165) is 31.2 Å². The minimum atomic E-state index is -4.55. The summed E-state index contributed by atoms with van der Waals surface area (Å²) in [7, 11) is 0. The Bertz CT molecular complexity index is 1340. The molecule has 0 radical (unpaired) electrons. The highest BCUT2D eigenvalue weighted by atomic mass is 19.4. The van der Waals surface area contributed by atoms with Gasteiger partial charge in [-0.3, -0.25) is 14.2 Å². The summed E-state index contributed by atoms with van der Waals surface area (Å²) in [5.41, 5.74) is 6.39. The lowest BCUT2D eigenvalue weighted by molar-refractivity contribution is -0.141. The molecule has 0 atom stereocenters. The molecule has 1 aliphatic carbocycles. The van der Waals surface area contributed by atoms with Crippen molar-refractivity contribution in [2.24, 2.45) is 0 Å². The summed E-state index contributed by atoms with van der Waals surface area (Å²) >= 11 is 0. The van der Waals surface area contributed by atoms with Gasteiger partial charge in [0.2, 0.25) is 0 Å². The maximum Gasteiger partial charge on any atom is 0.433 e. The molecule has 164 valence electrons. The summed E-state index contributed by atoms with van der Waals surface area (Å²) in [4.78, 5) is 26.4. The first-order valence-corrected chi connectivity index (χ1v) is 9.76. The minimum absolute atomic E-state index is 0.0204. The molecule has 7 nitrogen and oxygen atoms in total. The number of fused-ring (bicyclic) bond motifs is 3. The monoisotopic (exact) mass is 444 g/mol. The molecular formula is C21H16F4N6O. The van der Waals surface area contributed by atoms with E-state index in [4.69, 9.17) is 5.73 Å². The zero-order valence-corrected chi connectivity index (χ0v) is 16.5. The average molecular weight is 444 g/mol. The smallest absolute Gasteiger partial charge is 0.382 e. The number of benzene rings is 1. The first-order valence-electron chi connectivity index (χ1n) is 9.76. The molecule has 32 heavy (non-hydrogen) atoms. The van der Waals surface area contributed by atoms with Crippen molar-refractivity contribution in [2.45, 2.75) is 31.6 Å². The normalized spacial score (nSPS) is 14.2. The molecule has 11 heteroatoms. The predicted molar refractivity (Wildman–Crippen MR) is 107 cm³/mol. The molecule has 0 spiro atoms. The van der Waals surface area contributed by atoms with Crippen LogP contribution in [0.25, 0.3) is 16.6 Å². The number of rotatable bonds is 4. The maximum atomic E-state index is 14.9. The van der Waals surface area contributed by atoms with Gasteiger partial charge in [0.25, 0.3) is 5.91 Å². The van der Waals surface area contributed by atoms with Crippen LogP contribution in [0.2, 0.25) is 0 Å². The number of pyridine rings is 1. The number of alkyl halides is 3. The molecule has 3 aromatic heterocycles. The van der Waals surface area contributed by atoms with E-state index in [1.807, 2.05) is 0 Å². The molecule has 4 aromatic rings. The Morgan fingerprint density at radius 2 is 1.97 bits per heavy atom. The van der Waals surface area contributed by atoms with Gasteiger partial charge in [-0.2, -0.15) is 13.2 Å². The van der Waals surface area contributed by atoms with Gasteiger partial charge in [0.15, 0.2) is 0 Å². The third-order valence-electron chi connectivity index (χ3n) is 5.41. The summed E-state index contributed by atoms with van der Waals surface area (Å²) in [6.45, 7) is 0.0204. The molecule has 0 aliphatic heterocycles. The number of amides is 1. The van der Waals surface area contributed by atoms with Gasteiger partial charge in [-0.05, 0) is 30.5 Å². The first kappa shape index (κ1) is 20.2. The lowest BCUT2D eigenvalue weighted by atomic mass is 10.1. The third kappa shape index (κ3) is 3.49. The molecule has 5 rings (SSSR count). The standard InChI is InChI=1S/C21H16F4N6O/c22-14-6-15-16(31-10-27-8-17(31)19(26)29-15)5-13(14)20(32)30(12-2-3-12)9-11-1-4-18(28-7-11)21(23,24)25/h1,4-8,10,12H,2-3,9H2,(H2,26,29). The van der Waals surface area contributed by atoms with E-state index in [1.165, 1.54) is 29.6 Å². The van der Waals surface area contributed by atoms with E-state index < -0.39 is 23.6 Å². The van der Waals surface area contributed by atoms with Crippen LogP contribution in [0.3, 0.4) is 0 Å². The van der Waals surface area contributed by atoms with Crippen LogP contribution in [0.15, 0.2) is 43.0 Å². The van der Waals surface area contributed by atoms with E-state index in [2.05, 4.69) is 15.0 Å². The zero-order valence-electron chi connectivity index (χ0n) is 16.5. The van der Waals surface area contributed by atoms with Gasteiger partial charge in [-0.15, -0.1) is 0 Å². The highest BCUT2D eigenvalue weighted by Crippen LogP contribution is 2.32. The van der Waals surface area contributed by atoms with Gasteiger partial charge < -0.3 is 10.6 Å². The number of halogens is 4. The van der Waals surface area contributed by atoms with Crippen molar-refractivity contribution in [1.82, 2.24) is 24.3 Å². The Morgan fingerprint density at radius 1 is 1.19 bits per heavy atom. The Labute approximate surface area is 178 Å². The van der Waals surface area contributed by atoms with Crippen molar-refractivity contribution in [1.29, 1.82) is 0 Å². The largest absolute Gasteiger partial charge is 0.433 e.